The Bertz CT molecular complexity index is 378. The predicted molar refractivity (Wildman–Crippen MR) is 76.0 cm³/mol. The Labute approximate surface area is 105 Å². The summed E-state index contributed by atoms with van der Waals surface area (Å²) in [6, 6.07) is 10.9. The minimum Gasteiger partial charge on any atom is -0.382 e. The highest BCUT2D eigenvalue weighted by molar-refractivity contribution is 5.26. The molecule has 2 unspecified atom stereocenters. The summed E-state index contributed by atoms with van der Waals surface area (Å²) in [4.78, 5) is 0. The molecule has 0 saturated carbocycles. The van der Waals surface area contributed by atoms with E-state index in [1.807, 2.05) is 6.92 Å². The Hall–Kier alpha value is -1.50. The van der Waals surface area contributed by atoms with Crippen LogP contribution in [0, 0.1) is 0 Å². The number of hydrogen-bond donors (Lipinski definition) is 1. The van der Waals surface area contributed by atoms with Crippen molar-refractivity contribution in [2.24, 2.45) is 0 Å². The van der Waals surface area contributed by atoms with E-state index in [1.54, 1.807) is 0 Å². The molecule has 1 heteroatoms. The van der Waals surface area contributed by atoms with E-state index in [9.17, 15) is 0 Å². The lowest BCUT2D eigenvalue weighted by Gasteiger charge is -2.29. The van der Waals surface area contributed by atoms with Crippen molar-refractivity contribution < 1.29 is 0 Å². The highest BCUT2D eigenvalue weighted by atomic mass is 14.9. The van der Waals surface area contributed by atoms with Crippen LogP contribution in [0.15, 0.2) is 54.8 Å². The van der Waals surface area contributed by atoms with Gasteiger partial charge in [-0.3, -0.25) is 0 Å². The maximum absolute atomic E-state index is 4.10. The van der Waals surface area contributed by atoms with Crippen molar-refractivity contribution in [3.05, 3.63) is 60.3 Å². The average Bonchev–Trinajstić information content (AvgIpc) is 2.29. The van der Waals surface area contributed by atoms with Crippen LogP contribution in [0.2, 0.25) is 0 Å². The van der Waals surface area contributed by atoms with E-state index in [1.165, 1.54) is 5.56 Å². The van der Waals surface area contributed by atoms with Crippen LogP contribution >= 0.6 is 0 Å². The second-order valence-corrected chi connectivity index (χ2v) is 4.67. The molecule has 0 fully saturated rings. The highest BCUT2D eigenvalue weighted by Gasteiger charge is 2.21. The van der Waals surface area contributed by atoms with Crippen LogP contribution in [0.25, 0.3) is 0 Å². The van der Waals surface area contributed by atoms with Gasteiger partial charge in [0, 0.05) is 11.6 Å². The fourth-order valence-corrected chi connectivity index (χ4v) is 2.20. The molecule has 0 aliphatic rings. The van der Waals surface area contributed by atoms with Gasteiger partial charge >= 0.3 is 0 Å². The molecule has 17 heavy (non-hydrogen) atoms. The van der Waals surface area contributed by atoms with E-state index < -0.39 is 0 Å². The van der Waals surface area contributed by atoms with E-state index in [0.29, 0.717) is 5.92 Å². The van der Waals surface area contributed by atoms with Crippen LogP contribution in [0.1, 0.15) is 38.7 Å². The normalized spacial score (nSPS) is 13.8. The largest absolute Gasteiger partial charge is 0.382 e. The monoisotopic (exact) mass is 229 g/mol. The Kier molecular flexibility index (Phi) is 5.02. The van der Waals surface area contributed by atoms with Crippen LogP contribution < -0.4 is 5.32 Å². The SMILES string of the molecule is C=C(C)NC(C(=C)C)C(CC)c1ccccc1. The van der Waals surface area contributed by atoms with E-state index in [-0.39, 0.29) is 6.04 Å². The van der Waals surface area contributed by atoms with Gasteiger partial charge < -0.3 is 5.32 Å². The first kappa shape index (κ1) is 13.6. The topological polar surface area (TPSA) is 12.0 Å². The summed E-state index contributed by atoms with van der Waals surface area (Å²) in [6.45, 7) is 14.3. The Balaban J connectivity index is 2.97. The molecule has 0 heterocycles. The summed E-state index contributed by atoms with van der Waals surface area (Å²) in [6.07, 6.45) is 1.09. The molecule has 1 aromatic carbocycles. The van der Waals surface area contributed by atoms with Gasteiger partial charge in [-0.05, 0) is 25.8 Å². The van der Waals surface area contributed by atoms with Gasteiger partial charge in [0.25, 0.3) is 0 Å². The number of rotatable bonds is 6. The summed E-state index contributed by atoms with van der Waals surface area (Å²) in [5, 5.41) is 3.43. The van der Waals surface area contributed by atoms with Crippen molar-refractivity contribution in [3.63, 3.8) is 0 Å². The molecule has 1 rings (SSSR count). The summed E-state index contributed by atoms with van der Waals surface area (Å²) in [5.74, 6) is 0.449. The lowest BCUT2D eigenvalue weighted by Crippen LogP contribution is -2.34. The Morgan fingerprint density at radius 3 is 2.18 bits per heavy atom. The first-order valence-corrected chi connectivity index (χ1v) is 6.18. The molecule has 1 nitrogen and oxygen atoms in total. The number of nitrogens with one attached hydrogen (secondary N) is 1. The second kappa shape index (κ2) is 6.29. The predicted octanol–water partition coefficient (Wildman–Crippen LogP) is 4.25. The molecule has 0 aromatic heterocycles. The molecular formula is C16H23N. The average molecular weight is 229 g/mol. The van der Waals surface area contributed by atoms with Gasteiger partial charge in [-0.1, -0.05) is 56.0 Å². The van der Waals surface area contributed by atoms with Crippen LogP contribution in [-0.2, 0) is 0 Å². The third kappa shape index (κ3) is 3.77. The van der Waals surface area contributed by atoms with Gasteiger partial charge in [-0.2, -0.15) is 0 Å². The van der Waals surface area contributed by atoms with Gasteiger partial charge in [0.2, 0.25) is 0 Å². The lowest BCUT2D eigenvalue weighted by molar-refractivity contribution is 0.506. The summed E-state index contributed by atoms with van der Waals surface area (Å²) >= 11 is 0. The van der Waals surface area contributed by atoms with E-state index in [0.717, 1.165) is 17.7 Å². The molecule has 0 bridgehead atoms. The van der Waals surface area contributed by atoms with Crippen LogP contribution in [-0.4, -0.2) is 6.04 Å². The smallest absolute Gasteiger partial charge is 0.0533 e. The van der Waals surface area contributed by atoms with Gasteiger partial charge in [0.15, 0.2) is 0 Å². The van der Waals surface area contributed by atoms with E-state index in [2.05, 4.69) is 62.7 Å². The van der Waals surface area contributed by atoms with Crippen molar-refractivity contribution in [2.45, 2.75) is 39.2 Å². The van der Waals surface area contributed by atoms with Crippen molar-refractivity contribution in [1.82, 2.24) is 5.32 Å². The molecule has 0 aliphatic heterocycles. The number of benzene rings is 1. The molecule has 2 atom stereocenters. The molecule has 0 radical (unpaired) electrons. The Morgan fingerprint density at radius 1 is 1.18 bits per heavy atom. The molecule has 1 aromatic rings. The zero-order valence-electron chi connectivity index (χ0n) is 11.2. The quantitative estimate of drug-likeness (QED) is 0.719. The number of allylic oxidation sites excluding steroid dienone is 1. The van der Waals surface area contributed by atoms with Crippen LogP contribution in [0.4, 0.5) is 0 Å². The van der Waals surface area contributed by atoms with Gasteiger partial charge in [0.05, 0.1) is 6.04 Å². The molecular weight excluding hydrogens is 206 g/mol. The highest BCUT2D eigenvalue weighted by Crippen LogP contribution is 2.27. The zero-order chi connectivity index (χ0) is 12.8. The summed E-state index contributed by atoms with van der Waals surface area (Å²) < 4.78 is 0. The molecule has 0 spiro atoms. The second-order valence-electron chi connectivity index (χ2n) is 4.67. The third-order valence-electron chi connectivity index (χ3n) is 3.00. The summed E-state index contributed by atoms with van der Waals surface area (Å²) in [7, 11) is 0. The Morgan fingerprint density at radius 2 is 1.76 bits per heavy atom. The fourth-order valence-electron chi connectivity index (χ4n) is 2.20. The van der Waals surface area contributed by atoms with E-state index >= 15 is 0 Å². The van der Waals surface area contributed by atoms with Crippen molar-refractivity contribution in [1.29, 1.82) is 0 Å². The first-order valence-electron chi connectivity index (χ1n) is 6.18. The van der Waals surface area contributed by atoms with E-state index in [4.69, 9.17) is 0 Å². The maximum atomic E-state index is 4.10. The lowest BCUT2D eigenvalue weighted by atomic mass is 9.86. The zero-order valence-corrected chi connectivity index (χ0v) is 11.2. The van der Waals surface area contributed by atoms with Crippen molar-refractivity contribution in [3.8, 4) is 0 Å². The molecule has 0 saturated heterocycles. The third-order valence-corrected chi connectivity index (χ3v) is 3.00. The molecule has 92 valence electrons. The maximum Gasteiger partial charge on any atom is 0.0533 e. The minimum absolute atomic E-state index is 0.264. The standard InChI is InChI=1S/C16H23N/c1-6-15(14-10-8-7-9-11-14)16(12(2)3)17-13(4)5/h7-11,15-17H,2,4,6H2,1,3,5H3. The van der Waals surface area contributed by atoms with Crippen molar-refractivity contribution >= 4 is 0 Å². The van der Waals surface area contributed by atoms with Crippen LogP contribution in [0.5, 0.6) is 0 Å². The minimum atomic E-state index is 0.264. The van der Waals surface area contributed by atoms with Gasteiger partial charge in [-0.25, -0.2) is 0 Å². The van der Waals surface area contributed by atoms with Gasteiger partial charge in [0.1, 0.15) is 0 Å². The first-order chi connectivity index (χ1) is 8.06. The number of hydrogen-bond acceptors (Lipinski definition) is 1. The van der Waals surface area contributed by atoms with Crippen LogP contribution in [0.3, 0.4) is 0 Å². The van der Waals surface area contributed by atoms with Crippen molar-refractivity contribution in [2.75, 3.05) is 0 Å². The molecule has 0 amide bonds. The summed E-state index contributed by atoms with van der Waals surface area (Å²) in [5.41, 5.74) is 3.51. The van der Waals surface area contributed by atoms with Gasteiger partial charge in [-0.15, -0.1) is 0 Å². The fraction of sp³-hybridized carbons (Fsp3) is 0.375. The molecule has 0 aliphatic carbocycles. The molecule has 1 N–H and O–H groups in total.